The van der Waals surface area contributed by atoms with Gasteiger partial charge in [-0.15, -0.1) is 0 Å². The number of likely N-dealkylation sites (N-methyl/N-ethyl adjacent to an activating group) is 1. The molecule has 2 amide bonds. The minimum atomic E-state index is -0.520. The zero-order chi connectivity index (χ0) is 28.8. The summed E-state index contributed by atoms with van der Waals surface area (Å²) in [6.07, 6.45) is 4.58. The van der Waals surface area contributed by atoms with Crippen molar-refractivity contribution in [3.8, 4) is 6.01 Å². The molecule has 2 saturated heterocycles. The van der Waals surface area contributed by atoms with Crippen molar-refractivity contribution in [1.82, 2.24) is 30.0 Å². The Morgan fingerprint density at radius 3 is 2.68 bits per heavy atom. The SMILES string of the molecule is C[C@@H]1CN(c2ccc(C(=O)Nc3cc(F)c4nn(C)cc4c3)c3nc(OC[C@H]4CCC(=O)N4C)ncc23)C[C@@H](C)N1. The number of aromatic nitrogens is 4. The molecule has 2 aromatic carbocycles. The highest BCUT2D eigenvalue weighted by Crippen LogP contribution is 2.32. The lowest BCUT2D eigenvalue weighted by Gasteiger charge is -2.38. The molecule has 0 bridgehead atoms. The normalized spacial score (nSPS) is 21.2. The topological polar surface area (TPSA) is 118 Å². The molecule has 0 spiro atoms. The number of fused-ring (bicyclic) bond motifs is 2. The quantitative estimate of drug-likeness (QED) is 0.370. The average Bonchev–Trinajstić information content (AvgIpc) is 3.46. The van der Waals surface area contributed by atoms with Crippen molar-refractivity contribution < 1.29 is 18.7 Å². The molecule has 6 rings (SSSR count). The average molecular weight is 561 g/mol. The van der Waals surface area contributed by atoms with Gasteiger partial charge in [0, 0.05) is 80.2 Å². The summed E-state index contributed by atoms with van der Waals surface area (Å²) in [4.78, 5) is 38.6. The molecular weight excluding hydrogens is 527 g/mol. The van der Waals surface area contributed by atoms with Crippen molar-refractivity contribution in [2.24, 2.45) is 7.05 Å². The van der Waals surface area contributed by atoms with Crippen molar-refractivity contribution in [1.29, 1.82) is 0 Å². The molecule has 0 radical (unpaired) electrons. The smallest absolute Gasteiger partial charge is 0.317 e. The number of nitrogens with one attached hydrogen (secondary N) is 2. The molecule has 4 heterocycles. The number of likely N-dealkylation sites (tertiary alicyclic amines) is 1. The monoisotopic (exact) mass is 560 g/mol. The first-order valence-corrected chi connectivity index (χ1v) is 13.8. The van der Waals surface area contributed by atoms with Gasteiger partial charge in [0.15, 0.2) is 5.82 Å². The third-order valence-electron chi connectivity index (χ3n) is 7.82. The summed E-state index contributed by atoms with van der Waals surface area (Å²) >= 11 is 0. The van der Waals surface area contributed by atoms with E-state index in [-0.39, 0.29) is 42.2 Å². The maximum atomic E-state index is 14.7. The van der Waals surface area contributed by atoms with Crippen molar-refractivity contribution in [2.45, 2.75) is 44.8 Å². The van der Waals surface area contributed by atoms with Crippen LogP contribution in [0.25, 0.3) is 21.8 Å². The first-order valence-electron chi connectivity index (χ1n) is 13.8. The Labute approximate surface area is 236 Å². The van der Waals surface area contributed by atoms with E-state index in [4.69, 9.17) is 4.74 Å². The number of rotatable bonds is 6. The molecule has 0 aliphatic carbocycles. The Morgan fingerprint density at radius 2 is 1.95 bits per heavy atom. The van der Waals surface area contributed by atoms with E-state index in [0.29, 0.717) is 40.4 Å². The van der Waals surface area contributed by atoms with Crippen molar-refractivity contribution in [3.63, 3.8) is 0 Å². The third-order valence-corrected chi connectivity index (χ3v) is 7.82. The number of nitrogens with zero attached hydrogens (tertiary/aromatic N) is 6. The largest absolute Gasteiger partial charge is 0.461 e. The number of piperazine rings is 1. The van der Waals surface area contributed by atoms with E-state index in [2.05, 4.69) is 44.4 Å². The van der Waals surface area contributed by atoms with Gasteiger partial charge in [0.05, 0.1) is 17.1 Å². The fourth-order valence-corrected chi connectivity index (χ4v) is 5.85. The number of ether oxygens (including phenoxy) is 1. The van der Waals surface area contributed by atoms with E-state index < -0.39 is 11.7 Å². The molecule has 2 N–H and O–H groups in total. The molecule has 41 heavy (non-hydrogen) atoms. The van der Waals surface area contributed by atoms with Crippen LogP contribution in [0.4, 0.5) is 15.8 Å². The highest BCUT2D eigenvalue weighted by Gasteiger charge is 2.29. The lowest BCUT2D eigenvalue weighted by atomic mass is 10.0. The van der Waals surface area contributed by atoms with Gasteiger partial charge in [-0.2, -0.15) is 10.1 Å². The summed E-state index contributed by atoms with van der Waals surface area (Å²) < 4.78 is 22.2. The molecular formula is C29H33FN8O3. The molecule has 2 aromatic heterocycles. The van der Waals surface area contributed by atoms with Crippen LogP contribution in [0, 0.1) is 5.82 Å². The minimum Gasteiger partial charge on any atom is -0.461 e. The van der Waals surface area contributed by atoms with Gasteiger partial charge in [-0.1, -0.05) is 0 Å². The van der Waals surface area contributed by atoms with E-state index >= 15 is 0 Å². The van der Waals surface area contributed by atoms with Gasteiger partial charge < -0.3 is 25.2 Å². The molecule has 0 saturated carbocycles. The number of carbonyl (C=O) groups excluding carboxylic acids is 2. The molecule has 2 aliphatic rings. The second-order valence-electron chi connectivity index (χ2n) is 11.1. The first kappa shape index (κ1) is 26.9. The number of carbonyl (C=O) groups is 2. The first-order chi connectivity index (χ1) is 19.7. The highest BCUT2D eigenvalue weighted by atomic mass is 19.1. The zero-order valence-electron chi connectivity index (χ0n) is 23.5. The van der Waals surface area contributed by atoms with Crippen molar-refractivity contribution in [2.75, 3.05) is 37.0 Å². The predicted molar refractivity (Wildman–Crippen MR) is 154 cm³/mol. The Morgan fingerprint density at radius 1 is 1.17 bits per heavy atom. The van der Waals surface area contributed by atoms with E-state index in [1.807, 2.05) is 6.07 Å². The second kappa shape index (κ2) is 10.6. The summed E-state index contributed by atoms with van der Waals surface area (Å²) in [6, 6.07) is 7.23. The van der Waals surface area contributed by atoms with E-state index in [0.717, 1.165) is 18.8 Å². The summed E-state index contributed by atoms with van der Waals surface area (Å²) in [5.74, 6) is -0.868. The van der Waals surface area contributed by atoms with Crippen LogP contribution in [-0.4, -0.2) is 81.3 Å². The van der Waals surface area contributed by atoms with Gasteiger partial charge >= 0.3 is 6.01 Å². The van der Waals surface area contributed by atoms with Crippen molar-refractivity contribution >= 4 is 45.0 Å². The zero-order valence-corrected chi connectivity index (χ0v) is 23.5. The number of hydrogen-bond donors (Lipinski definition) is 2. The standard InChI is InChI=1S/C29H33FN8O3/c1-16-12-38(13-17(2)32-16)24-7-6-21(28(40)33-19-9-18-14-36(3)35-26(18)23(30)10-19)27-22(24)11-31-29(34-27)41-15-20-5-8-25(39)37(20)4/h6-7,9-11,14,16-17,20,32H,5,8,12-13,15H2,1-4H3,(H,33,40)/t16-,17-,20-/m1/s1. The Bertz CT molecular complexity index is 1650. The maximum Gasteiger partial charge on any atom is 0.317 e. The number of amides is 2. The van der Waals surface area contributed by atoms with Gasteiger partial charge in [0.1, 0.15) is 12.1 Å². The van der Waals surface area contributed by atoms with Gasteiger partial charge in [0.25, 0.3) is 5.91 Å². The van der Waals surface area contributed by atoms with Gasteiger partial charge in [-0.3, -0.25) is 14.3 Å². The van der Waals surface area contributed by atoms with Crippen LogP contribution in [-0.2, 0) is 11.8 Å². The molecule has 2 aliphatic heterocycles. The van der Waals surface area contributed by atoms with E-state index in [1.165, 1.54) is 10.7 Å². The molecule has 2 fully saturated rings. The summed E-state index contributed by atoms with van der Waals surface area (Å²) in [5, 5.41) is 11.8. The van der Waals surface area contributed by atoms with Crippen LogP contribution in [0.2, 0.25) is 0 Å². The number of anilines is 2. The lowest BCUT2D eigenvalue weighted by Crippen LogP contribution is -2.54. The number of halogens is 1. The molecule has 11 nitrogen and oxygen atoms in total. The summed E-state index contributed by atoms with van der Waals surface area (Å²) in [6.45, 7) is 6.10. The van der Waals surface area contributed by atoms with E-state index in [9.17, 15) is 14.0 Å². The number of aryl methyl sites for hydroxylation is 1. The molecule has 214 valence electrons. The fraction of sp³-hybridized carbons (Fsp3) is 0.414. The second-order valence-corrected chi connectivity index (χ2v) is 11.1. The molecule has 12 heteroatoms. The van der Waals surface area contributed by atoms with Crippen LogP contribution >= 0.6 is 0 Å². The fourth-order valence-electron chi connectivity index (χ4n) is 5.85. The van der Waals surface area contributed by atoms with Crippen molar-refractivity contribution in [3.05, 3.63) is 48.0 Å². The van der Waals surface area contributed by atoms with Crippen LogP contribution in [0.1, 0.15) is 37.0 Å². The van der Waals surface area contributed by atoms with Gasteiger partial charge in [-0.05, 0) is 44.5 Å². The van der Waals surface area contributed by atoms with Gasteiger partial charge in [-0.25, -0.2) is 9.37 Å². The molecule has 0 unspecified atom stereocenters. The van der Waals surface area contributed by atoms with Gasteiger partial charge in [0.2, 0.25) is 5.91 Å². The third kappa shape index (κ3) is 5.26. The van der Waals surface area contributed by atoms with E-state index in [1.54, 1.807) is 43.5 Å². The highest BCUT2D eigenvalue weighted by molar-refractivity contribution is 6.14. The predicted octanol–water partition coefficient (Wildman–Crippen LogP) is 3.09. The Hall–Kier alpha value is -4.32. The lowest BCUT2D eigenvalue weighted by molar-refractivity contribution is -0.127. The summed E-state index contributed by atoms with van der Waals surface area (Å²) in [5.41, 5.74) is 2.22. The number of hydrogen-bond acceptors (Lipinski definition) is 8. The maximum absolute atomic E-state index is 14.7. The number of benzene rings is 2. The minimum absolute atomic E-state index is 0.0583. The van der Waals surface area contributed by atoms with Crippen LogP contribution in [0.5, 0.6) is 6.01 Å². The molecule has 4 aromatic rings. The molecule has 3 atom stereocenters. The Kier molecular flexibility index (Phi) is 6.94. The van der Waals surface area contributed by atoms with Crippen LogP contribution in [0.15, 0.2) is 36.7 Å². The van der Waals surface area contributed by atoms with Crippen LogP contribution in [0.3, 0.4) is 0 Å². The Balaban J connectivity index is 1.35. The van der Waals surface area contributed by atoms with Crippen LogP contribution < -0.4 is 20.3 Å². The summed E-state index contributed by atoms with van der Waals surface area (Å²) in [7, 11) is 3.48.